The quantitative estimate of drug-likeness (QED) is 0.780. The second-order valence-corrected chi connectivity index (χ2v) is 5.08. The first kappa shape index (κ1) is 13.8. The van der Waals surface area contributed by atoms with Crippen molar-refractivity contribution in [1.29, 1.82) is 0 Å². The minimum absolute atomic E-state index is 0.0376. The summed E-state index contributed by atoms with van der Waals surface area (Å²) in [6, 6.07) is 3.43. The van der Waals surface area contributed by atoms with Crippen LogP contribution >= 0.6 is 0 Å². The van der Waals surface area contributed by atoms with Crippen molar-refractivity contribution in [2.45, 2.75) is 31.7 Å². The van der Waals surface area contributed by atoms with Crippen LogP contribution in [-0.4, -0.2) is 23.6 Å². The lowest BCUT2D eigenvalue weighted by molar-refractivity contribution is 0.0938. The molecule has 0 aliphatic heterocycles. The van der Waals surface area contributed by atoms with Crippen molar-refractivity contribution in [3.05, 3.63) is 29.6 Å². The molecular weight excluding hydrogens is 247 g/mol. The maximum absolute atomic E-state index is 13.1. The Kier molecular flexibility index (Phi) is 4.37. The first-order chi connectivity index (χ1) is 9.08. The summed E-state index contributed by atoms with van der Waals surface area (Å²) >= 11 is 0. The lowest BCUT2D eigenvalue weighted by Gasteiger charge is -2.28. The molecule has 2 rings (SSSR count). The van der Waals surface area contributed by atoms with E-state index in [0.717, 1.165) is 37.8 Å². The van der Waals surface area contributed by atoms with Crippen molar-refractivity contribution in [1.82, 2.24) is 5.32 Å². The molecule has 1 aromatic rings. The number of hydrogen-bond acceptors (Lipinski definition) is 3. The van der Waals surface area contributed by atoms with Crippen LogP contribution in [-0.2, 0) is 0 Å². The smallest absolute Gasteiger partial charge is 0.255 e. The zero-order valence-electron chi connectivity index (χ0n) is 10.7. The Balaban J connectivity index is 1.95. The number of carbonyl (C=O) groups is 1. The van der Waals surface area contributed by atoms with Gasteiger partial charge in [-0.15, -0.1) is 0 Å². The van der Waals surface area contributed by atoms with Gasteiger partial charge in [-0.1, -0.05) is 12.8 Å². The molecule has 1 amide bonds. The molecule has 0 spiro atoms. The number of phenolic OH excluding ortho intramolecular Hbond substituents is 1. The van der Waals surface area contributed by atoms with E-state index >= 15 is 0 Å². The van der Waals surface area contributed by atoms with Crippen molar-refractivity contribution in [3.63, 3.8) is 0 Å². The van der Waals surface area contributed by atoms with E-state index in [0.29, 0.717) is 6.54 Å². The highest BCUT2D eigenvalue weighted by molar-refractivity contribution is 5.96. The largest absolute Gasteiger partial charge is 0.507 e. The number of rotatable bonds is 3. The lowest BCUT2D eigenvalue weighted by atomic mass is 9.85. The van der Waals surface area contributed by atoms with Gasteiger partial charge in [-0.3, -0.25) is 4.79 Å². The molecule has 1 aliphatic rings. The predicted octanol–water partition coefficient (Wildman–Crippen LogP) is 1.78. The van der Waals surface area contributed by atoms with Gasteiger partial charge in [0, 0.05) is 12.6 Å². The first-order valence-corrected chi connectivity index (χ1v) is 6.60. The van der Waals surface area contributed by atoms with E-state index < -0.39 is 11.7 Å². The molecular formula is C14H19FN2O2. The monoisotopic (exact) mass is 266 g/mol. The Hall–Kier alpha value is -1.62. The van der Waals surface area contributed by atoms with Crippen LogP contribution in [0, 0.1) is 11.7 Å². The number of nitrogens with one attached hydrogen (secondary N) is 1. The van der Waals surface area contributed by atoms with Gasteiger partial charge in [0.25, 0.3) is 5.91 Å². The molecule has 19 heavy (non-hydrogen) atoms. The van der Waals surface area contributed by atoms with Gasteiger partial charge in [-0.05, 0) is 37.0 Å². The van der Waals surface area contributed by atoms with Gasteiger partial charge < -0.3 is 16.2 Å². The first-order valence-electron chi connectivity index (χ1n) is 6.60. The molecule has 1 aliphatic carbocycles. The Morgan fingerprint density at radius 2 is 2.16 bits per heavy atom. The van der Waals surface area contributed by atoms with Crippen LogP contribution in [0.5, 0.6) is 5.75 Å². The van der Waals surface area contributed by atoms with Crippen LogP contribution < -0.4 is 11.1 Å². The van der Waals surface area contributed by atoms with E-state index in [4.69, 9.17) is 5.73 Å². The van der Waals surface area contributed by atoms with Crippen LogP contribution in [0.15, 0.2) is 18.2 Å². The maximum Gasteiger partial charge on any atom is 0.255 e. The highest BCUT2D eigenvalue weighted by Crippen LogP contribution is 2.23. The fourth-order valence-corrected chi connectivity index (χ4v) is 2.50. The van der Waals surface area contributed by atoms with Crippen LogP contribution in [0.4, 0.5) is 4.39 Å². The van der Waals surface area contributed by atoms with Gasteiger partial charge in [-0.2, -0.15) is 0 Å². The number of aromatic hydroxyl groups is 1. The van der Waals surface area contributed by atoms with Crippen LogP contribution in [0.2, 0.25) is 0 Å². The topological polar surface area (TPSA) is 75.3 Å². The highest BCUT2D eigenvalue weighted by atomic mass is 19.1. The standard InChI is InChI=1S/C14H19FN2O2/c15-10-5-6-13(18)11(7-10)14(19)17-8-9-3-1-2-4-12(9)16/h5-7,9,12,18H,1-4,8,16H2,(H,17,19). The molecule has 1 saturated carbocycles. The Labute approximate surface area is 111 Å². The highest BCUT2D eigenvalue weighted by Gasteiger charge is 2.22. The summed E-state index contributed by atoms with van der Waals surface area (Å²) in [5.41, 5.74) is 5.96. The molecule has 0 heterocycles. The zero-order valence-corrected chi connectivity index (χ0v) is 10.7. The van der Waals surface area contributed by atoms with Gasteiger partial charge in [-0.25, -0.2) is 4.39 Å². The number of nitrogens with two attached hydrogens (primary N) is 1. The SMILES string of the molecule is NC1CCCCC1CNC(=O)c1cc(F)ccc1O. The molecule has 4 nitrogen and oxygen atoms in total. The van der Waals surface area contributed by atoms with Crippen LogP contribution in [0.25, 0.3) is 0 Å². The molecule has 1 fully saturated rings. The average Bonchev–Trinajstić information content (AvgIpc) is 2.40. The zero-order chi connectivity index (χ0) is 13.8. The van der Waals surface area contributed by atoms with Crippen molar-refractivity contribution in [2.24, 2.45) is 11.7 Å². The van der Waals surface area contributed by atoms with Gasteiger partial charge in [0.1, 0.15) is 11.6 Å². The molecule has 2 unspecified atom stereocenters. The minimum atomic E-state index is -0.544. The van der Waals surface area contributed by atoms with Crippen molar-refractivity contribution < 1.29 is 14.3 Å². The third kappa shape index (κ3) is 3.44. The number of hydrogen-bond donors (Lipinski definition) is 3. The van der Waals surface area contributed by atoms with Crippen LogP contribution in [0.1, 0.15) is 36.0 Å². The Bertz CT molecular complexity index is 465. The predicted molar refractivity (Wildman–Crippen MR) is 70.3 cm³/mol. The van der Waals surface area contributed by atoms with Gasteiger partial charge in [0.2, 0.25) is 0 Å². The van der Waals surface area contributed by atoms with E-state index in [-0.39, 0.29) is 23.3 Å². The summed E-state index contributed by atoms with van der Waals surface area (Å²) in [5, 5.41) is 12.3. The summed E-state index contributed by atoms with van der Waals surface area (Å²) in [6.07, 6.45) is 4.23. The van der Waals surface area contributed by atoms with Gasteiger partial charge in [0.05, 0.1) is 5.56 Å². The molecule has 0 saturated heterocycles. The fraction of sp³-hybridized carbons (Fsp3) is 0.500. The van der Waals surface area contributed by atoms with E-state index in [1.165, 1.54) is 6.07 Å². The number of halogens is 1. The second-order valence-electron chi connectivity index (χ2n) is 5.08. The van der Waals surface area contributed by atoms with Crippen molar-refractivity contribution >= 4 is 5.91 Å². The second kappa shape index (κ2) is 6.02. The number of phenols is 1. The molecule has 104 valence electrons. The molecule has 1 aromatic carbocycles. The van der Waals surface area contributed by atoms with Crippen molar-refractivity contribution in [3.8, 4) is 5.75 Å². The summed E-state index contributed by atoms with van der Waals surface area (Å²) in [4.78, 5) is 11.9. The molecule has 4 N–H and O–H groups in total. The van der Waals surface area contributed by atoms with Crippen LogP contribution in [0.3, 0.4) is 0 Å². The fourth-order valence-electron chi connectivity index (χ4n) is 2.50. The molecule has 5 heteroatoms. The van der Waals surface area contributed by atoms with Gasteiger partial charge >= 0.3 is 0 Å². The number of benzene rings is 1. The molecule has 0 radical (unpaired) electrons. The number of carbonyl (C=O) groups excluding carboxylic acids is 1. The van der Waals surface area contributed by atoms with Gasteiger partial charge in [0.15, 0.2) is 0 Å². The Morgan fingerprint density at radius 1 is 1.42 bits per heavy atom. The van der Waals surface area contributed by atoms with E-state index in [2.05, 4.69) is 5.32 Å². The molecule has 2 atom stereocenters. The molecule has 0 bridgehead atoms. The summed E-state index contributed by atoms with van der Waals surface area (Å²) < 4.78 is 13.1. The third-order valence-electron chi connectivity index (χ3n) is 3.70. The van der Waals surface area contributed by atoms with E-state index in [1.807, 2.05) is 0 Å². The van der Waals surface area contributed by atoms with Crippen molar-refractivity contribution in [2.75, 3.05) is 6.54 Å². The van der Waals surface area contributed by atoms with E-state index in [1.54, 1.807) is 0 Å². The minimum Gasteiger partial charge on any atom is -0.507 e. The summed E-state index contributed by atoms with van der Waals surface area (Å²) in [7, 11) is 0. The molecule has 0 aromatic heterocycles. The summed E-state index contributed by atoms with van der Waals surface area (Å²) in [5.74, 6) is -0.965. The Morgan fingerprint density at radius 3 is 2.89 bits per heavy atom. The maximum atomic E-state index is 13.1. The normalized spacial score (nSPS) is 23.1. The summed E-state index contributed by atoms with van der Waals surface area (Å²) in [6.45, 7) is 0.468. The average molecular weight is 266 g/mol. The number of amides is 1. The lowest BCUT2D eigenvalue weighted by Crippen LogP contribution is -2.41. The van der Waals surface area contributed by atoms with E-state index in [9.17, 15) is 14.3 Å². The third-order valence-corrected chi connectivity index (χ3v) is 3.70.